The highest BCUT2D eigenvalue weighted by molar-refractivity contribution is 9.10. The number of hydrogen-bond donors (Lipinski definition) is 2. The van der Waals surface area contributed by atoms with Crippen molar-refractivity contribution in [1.29, 1.82) is 0 Å². The van der Waals surface area contributed by atoms with Gasteiger partial charge in [-0.25, -0.2) is 0 Å². The maximum Gasteiger partial charge on any atom is 0.255 e. The van der Waals surface area contributed by atoms with E-state index in [1.165, 1.54) is 11.6 Å². The number of rotatable bonds is 4. The van der Waals surface area contributed by atoms with E-state index in [4.69, 9.17) is 0 Å². The second kappa shape index (κ2) is 6.21. The molecule has 100 valence electrons. The van der Waals surface area contributed by atoms with Crippen molar-refractivity contribution in [2.45, 2.75) is 19.4 Å². The first kappa shape index (κ1) is 14.1. The van der Waals surface area contributed by atoms with Crippen LogP contribution in [0.4, 0.5) is 0 Å². The van der Waals surface area contributed by atoms with Gasteiger partial charge < -0.3 is 10.4 Å². The maximum absolute atomic E-state index is 12.0. The molecule has 1 unspecified atom stereocenters. The molecule has 0 saturated heterocycles. The number of amides is 1. The molecule has 0 fully saturated rings. The molecular weight excluding hydrogens is 326 g/mol. The predicted molar refractivity (Wildman–Crippen MR) is 80.8 cm³/mol. The van der Waals surface area contributed by atoms with E-state index in [1.807, 2.05) is 18.4 Å². The summed E-state index contributed by atoms with van der Waals surface area (Å²) >= 11 is 4.89. The summed E-state index contributed by atoms with van der Waals surface area (Å²) in [6.45, 7) is 1.95. The first-order valence-electron chi connectivity index (χ1n) is 5.86. The Balaban J connectivity index is 2.00. The highest BCUT2D eigenvalue weighted by atomic mass is 79.9. The fourth-order valence-corrected chi connectivity index (χ4v) is 2.84. The van der Waals surface area contributed by atoms with Crippen molar-refractivity contribution in [1.82, 2.24) is 5.32 Å². The van der Waals surface area contributed by atoms with Crippen LogP contribution in [0, 0.1) is 0 Å². The minimum Gasteiger partial charge on any atom is -0.507 e. The maximum atomic E-state index is 12.0. The summed E-state index contributed by atoms with van der Waals surface area (Å²) in [7, 11) is 0. The van der Waals surface area contributed by atoms with Crippen molar-refractivity contribution in [2.75, 3.05) is 0 Å². The van der Waals surface area contributed by atoms with Gasteiger partial charge in [-0.1, -0.05) is 15.9 Å². The lowest BCUT2D eigenvalue weighted by atomic mass is 10.1. The Morgan fingerprint density at radius 1 is 1.47 bits per heavy atom. The summed E-state index contributed by atoms with van der Waals surface area (Å²) in [5.41, 5.74) is 1.50. The Morgan fingerprint density at radius 3 is 2.89 bits per heavy atom. The van der Waals surface area contributed by atoms with Crippen LogP contribution in [0.25, 0.3) is 0 Å². The van der Waals surface area contributed by atoms with Gasteiger partial charge >= 0.3 is 0 Å². The molecule has 0 aliphatic heterocycles. The lowest BCUT2D eigenvalue weighted by Crippen LogP contribution is -2.34. The summed E-state index contributed by atoms with van der Waals surface area (Å²) in [4.78, 5) is 12.0. The smallest absolute Gasteiger partial charge is 0.255 e. The SMILES string of the molecule is CC(Cc1ccsc1)NC(=O)c1ccc(Br)cc1O. The standard InChI is InChI=1S/C14H14BrNO2S/c1-9(6-10-4-5-19-8-10)16-14(18)12-3-2-11(15)7-13(12)17/h2-5,7-9,17H,6H2,1H3,(H,16,18). The third-order valence-corrected chi connectivity index (χ3v) is 3.93. The van der Waals surface area contributed by atoms with Gasteiger partial charge in [0.2, 0.25) is 0 Å². The third-order valence-electron chi connectivity index (χ3n) is 2.70. The fourth-order valence-electron chi connectivity index (χ4n) is 1.81. The zero-order chi connectivity index (χ0) is 13.8. The number of aromatic hydroxyl groups is 1. The highest BCUT2D eigenvalue weighted by Crippen LogP contribution is 2.22. The molecule has 0 aliphatic carbocycles. The minimum absolute atomic E-state index is 0.0187. The van der Waals surface area contributed by atoms with E-state index in [0.29, 0.717) is 5.56 Å². The first-order valence-corrected chi connectivity index (χ1v) is 7.60. The van der Waals surface area contributed by atoms with Gasteiger partial charge in [-0.15, -0.1) is 0 Å². The quantitative estimate of drug-likeness (QED) is 0.894. The monoisotopic (exact) mass is 339 g/mol. The van der Waals surface area contributed by atoms with Crippen molar-refractivity contribution in [2.24, 2.45) is 0 Å². The average Bonchev–Trinajstić information content (AvgIpc) is 2.81. The number of halogens is 1. The van der Waals surface area contributed by atoms with Gasteiger partial charge in [0.1, 0.15) is 5.75 Å². The number of phenols is 1. The molecule has 0 bridgehead atoms. The molecule has 1 amide bonds. The van der Waals surface area contributed by atoms with E-state index in [9.17, 15) is 9.90 Å². The number of phenolic OH excluding ortho intramolecular Hbond substituents is 1. The lowest BCUT2D eigenvalue weighted by Gasteiger charge is -2.14. The molecule has 0 aliphatic rings. The molecule has 3 nitrogen and oxygen atoms in total. The number of carbonyl (C=O) groups is 1. The van der Waals surface area contributed by atoms with Gasteiger partial charge in [-0.05, 0) is 53.9 Å². The topological polar surface area (TPSA) is 49.3 Å². The molecule has 1 atom stereocenters. The zero-order valence-corrected chi connectivity index (χ0v) is 12.8. The molecule has 1 aromatic carbocycles. The molecule has 19 heavy (non-hydrogen) atoms. The Kier molecular flexibility index (Phi) is 4.61. The van der Waals surface area contributed by atoms with Gasteiger partial charge in [0, 0.05) is 10.5 Å². The predicted octanol–water partition coefficient (Wildman–Crippen LogP) is 3.58. The third kappa shape index (κ3) is 3.81. The Labute approximate surface area is 124 Å². The first-order chi connectivity index (χ1) is 9.06. The molecule has 0 radical (unpaired) electrons. The van der Waals surface area contributed by atoms with Crippen molar-refractivity contribution in [3.8, 4) is 5.75 Å². The highest BCUT2D eigenvalue weighted by Gasteiger charge is 2.14. The summed E-state index contributed by atoms with van der Waals surface area (Å²) in [5, 5.41) is 16.7. The number of hydrogen-bond acceptors (Lipinski definition) is 3. The molecule has 0 spiro atoms. The van der Waals surface area contributed by atoms with Crippen LogP contribution in [0.1, 0.15) is 22.8 Å². The zero-order valence-electron chi connectivity index (χ0n) is 10.4. The van der Waals surface area contributed by atoms with E-state index < -0.39 is 0 Å². The van der Waals surface area contributed by atoms with Crippen molar-refractivity contribution >= 4 is 33.2 Å². The van der Waals surface area contributed by atoms with Crippen LogP contribution in [-0.4, -0.2) is 17.1 Å². The Morgan fingerprint density at radius 2 is 2.26 bits per heavy atom. The average molecular weight is 340 g/mol. The van der Waals surface area contributed by atoms with E-state index in [1.54, 1.807) is 23.5 Å². The normalized spacial score (nSPS) is 12.1. The van der Waals surface area contributed by atoms with Crippen LogP contribution in [0.3, 0.4) is 0 Å². The number of carbonyl (C=O) groups excluding carboxylic acids is 1. The van der Waals surface area contributed by atoms with Crippen LogP contribution in [0.5, 0.6) is 5.75 Å². The summed E-state index contributed by atoms with van der Waals surface area (Å²) < 4.78 is 0.743. The molecule has 2 rings (SSSR count). The van der Waals surface area contributed by atoms with Crippen molar-refractivity contribution in [3.05, 3.63) is 50.6 Å². The van der Waals surface area contributed by atoms with Crippen molar-refractivity contribution < 1.29 is 9.90 Å². The molecule has 5 heteroatoms. The number of nitrogens with one attached hydrogen (secondary N) is 1. The largest absolute Gasteiger partial charge is 0.507 e. The second-order valence-corrected chi connectivity index (χ2v) is 6.07. The molecule has 1 heterocycles. The second-order valence-electron chi connectivity index (χ2n) is 4.37. The van der Waals surface area contributed by atoms with Gasteiger partial charge in [-0.3, -0.25) is 4.79 Å². The summed E-state index contributed by atoms with van der Waals surface area (Å²) in [5.74, 6) is -0.276. The van der Waals surface area contributed by atoms with Crippen LogP contribution in [0.15, 0.2) is 39.5 Å². The van der Waals surface area contributed by atoms with E-state index in [0.717, 1.165) is 10.9 Å². The van der Waals surface area contributed by atoms with E-state index >= 15 is 0 Å². The van der Waals surface area contributed by atoms with Gasteiger partial charge in [0.15, 0.2) is 0 Å². The van der Waals surface area contributed by atoms with Crippen molar-refractivity contribution in [3.63, 3.8) is 0 Å². The summed E-state index contributed by atoms with van der Waals surface area (Å²) in [6, 6.07) is 6.91. The van der Waals surface area contributed by atoms with E-state index in [-0.39, 0.29) is 17.7 Å². The Bertz CT molecular complexity index is 569. The van der Waals surface area contributed by atoms with Gasteiger partial charge in [0.05, 0.1) is 5.56 Å². The molecular formula is C14H14BrNO2S. The molecule has 2 aromatic rings. The van der Waals surface area contributed by atoms with Crippen LogP contribution in [0.2, 0.25) is 0 Å². The molecule has 1 aromatic heterocycles. The van der Waals surface area contributed by atoms with Crippen LogP contribution < -0.4 is 5.32 Å². The minimum atomic E-state index is -0.257. The Hall–Kier alpha value is -1.33. The van der Waals surface area contributed by atoms with E-state index in [2.05, 4.69) is 26.6 Å². The lowest BCUT2D eigenvalue weighted by molar-refractivity contribution is 0.0937. The van der Waals surface area contributed by atoms with Crippen LogP contribution in [-0.2, 0) is 6.42 Å². The number of thiophene rings is 1. The molecule has 2 N–H and O–H groups in total. The van der Waals surface area contributed by atoms with Gasteiger partial charge in [-0.2, -0.15) is 11.3 Å². The summed E-state index contributed by atoms with van der Waals surface area (Å²) in [6.07, 6.45) is 0.784. The number of benzene rings is 1. The van der Waals surface area contributed by atoms with Crippen LogP contribution >= 0.6 is 27.3 Å². The molecule has 0 saturated carbocycles. The fraction of sp³-hybridized carbons (Fsp3) is 0.214. The van der Waals surface area contributed by atoms with Gasteiger partial charge in [0.25, 0.3) is 5.91 Å².